The molecule has 2 aromatic rings. The second-order valence-electron chi connectivity index (χ2n) is 4.90. The maximum atomic E-state index is 8.87. The van der Waals surface area contributed by atoms with E-state index in [1.807, 2.05) is 18.2 Å². The van der Waals surface area contributed by atoms with E-state index in [-0.39, 0.29) is 5.41 Å². The molecule has 0 bridgehead atoms. The second kappa shape index (κ2) is 5.61. The van der Waals surface area contributed by atoms with E-state index in [4.69, 9.17) is 9.78 Å². The number of hydrogen-bond donors (Lipinski definition) is 0. The Labute approximate surface area is 112 Å². The molecule has 0 spiro atoms. The molecule has 0 saturated carbocycles. The second-order valence-corrected chi connectivity index (χ2v) is 4.90. The highest BCUT2D eigenvalue weighted by Crippen LogP contribution is 2.29. The van der Waals surface area contributed by atoms with Crippen molar-refractivity contribution >= 4 is 0 Å². The van der Waals surface area contributed by atoms with Crippen molar-refractivity contribution in [3.05, 3.63) is 30.3 Å². The Balaban J connectivity index is 2.16. The van der Waals surface area contributed by atoms with Gasteiger partial charge in [0.25, 0.3) is 0 Å². The van der Waals surface area contributed by atoms with Crippen LogP contribution in [0, 0.1) is 16.7 Å². The normalized spacial score (nSPS) is 13.7. The lowest BCUT2D eigenvalue weighted by Crippen LogP contribution is -2.18. The minimum Gasteiger partial charge on any atom is -0.339 e. The van der Waals surface area contributed by atoms with Crippen LogP contribution in [0.3, 0.4) is 0 Å². The van der Waals surface area contributed by atoms with Crippen molar-refractivity contribution in [1.29, 1.82) is 5.26 Å². The molecule has 5 nitrogen and oxygen atoms in total. The predicted molar refractivity (Wildman–Crippen MR) is 69.9 cm³/mol. The maximum absolute atomic E-state index is 8.87. The van der Waals surface area contributed by atoms with Gasteiger partial charge in [0, 0.05) is 19.0 Å². The van der Waals surface area contributed by atoms with Gasteiger partial charge in [-0.05, 0) is 24.0 Å². The van der Waals surface area contributed by atoms with Gasteiger partial charge in [-0.25, -0.2) is 0 Å². The van der Waals surface area contributed by atoms with Crippen LogP contribution in [0.25, 0.3) is 11.5 Å². The highest BCUT2D eigenvalue weighted by Gasteiger charge is 2.25. The first-order valence-corrected chi connectivity index (χ1v) is 6.28. The molecule has 0 saturated heterocycles. The molecule has 0 aliphatic carbocycles. The standard InChI is InChI=1S/C14H16N4O/c1-3-14(2,7-8-15)10-12-17-13(18-19-12)11-6-4-5-9-16-11/h4-6,9H,3,7,10H2,1-2H3. The fourth-order valence-electron chi connectivity index (χ4n) is 1.79. The molecule has 0 aliphatic rings. The molecular formula is C14H16N4O. The average Bonchev–Trinajstić information content (AvgIpc) is 2.88. The summed E-state index contributed by atoms with van der Waals surface area (Å²) in [7, 11) is 0. The molecule has 19 heavy (non-hydrogen) atoms. The molecule has 0 amide bonds. The van der Waals surface area contributed by atoms with Gasteiger partial charge in [-0.1, -0.05) is 25.1 Å². The van der Waals surface area contributed by atoms with Crippen molar-refractivity contribution < 1.29 is 4.52 Å². The third-order valence-corrected chi connectivity index (χ3v) is 3.30. The van der Waals surface area contributed by atoms with Crippen LogP contribution in [-0.4, -0.2) is 15.1 Å². The monoisotopic (exact) mass is 256 g/mol. The van der Waals surface area contributed by atoms with Crippen molar-refractivity contribution in [1.82, 2.24) is 15.1 Å². The molecule has 5 heteroatoms. The smallest absolute Gasteiger partial charge is 0.227 e. The van der Waals surface area contributed by atoms with Crippen molar-refractivity contribution in [3.8, 4) is 17.6 Å². The van der Waals surface area contributed by atoms with Crippen molar-refractivity contribution in [2.45, 2.75) is 33.1 Å². The van der Waals surface area contributed by atoms with Gasteiger partial charge >= 0.3 is 0 Å². The first kappa shape index (κ1) is 13.2. The molecule has 1 unspecified atom stereocenters. The van der Waals surface area contributed by atoms with E-state index < -0.39 is 0 Å². The van der Waals surface area contributed by atoms with Gasteiger partial charge in [0.2, 0.25) is 11.7 Å². The SMILES string of the molecule is CCC(C)(CC#N)Cc1nc(-c2ccccn2)no1. The van der Waals surface area contributed by atoms with Crippen LogP contribution >= 0.6 is 0 Å². The highest BCUT2D eigenvalue weighted by atomic mass is 16.5. The number of pyridine rings is 1. The number of hydrogen-bond acceptors (Lipinski definition) is 5. The summed E-state index contributed by atoms with van der Waals surface area (Å²) in [5.41, 5.74) is 0.568. The molecule has 0 aromatic carbocycles. The van der Waals surface area contributed by atoms with Gasteiger partial charge in [-0.15, -0.1) is 0 Å². The van der Waals surface area contributed by atoms with Crippen LogP contribution in [0.1, 0.15) is 32.6 Å². The summed E-state index contributed by atoms with van der Waals surface area (Å²) in [6.45, 7) is 4.12. The molecule has 2 heterocycles. The van der Waals surface area contributed by atoms with Crippen LogP contribution in [0.5, 0.6) is 0 Å². The van der Waals surface area contributed by atoms with E-state index in [9.17, 15) is 0 Å². The fourth-order valence-corrected chi connectivity index (χ4v) is 1.79. The van der Waals surface area contributed by atoms with Crippen molar-refractivity contribution in [2.75, 3.05) is 0 Å². The van der Waals surface area contributed by atoms with Gasteiger partial charge in [0.05, 0.1) is 6.07 Å². The number of rotatable bonds is 5. The lowest BCUT2D eigenvalue weighted by atomic mass is 9.81. The molecule has 0 aliphatic heterocycles. The Morgan fingerprint density at radius 1 is 1.42 bits per heavy atom. The van der Waals surface area contributed by atoms with E-state index in [0.717, 1.165) is 6.42 Å². The third kappa shape index (κ3) is 3.16. The Hall–Kier alpha value is -2.22. The van der Waals surface area contributed by atoms with Crippen LogP contribution < -0.4 is 0 Å². The number of nitriles is 1. The van der Waals surface area contributed by atoms with Crippen LogP contribution in [0.4, 0.5) is 0 Å². The van der Waals surface area contributed by atoms with Gasteiger partial charge in [0.1, 0.15) is 5.69 Å². The molecule has 0 radical (unpaired) electrons. The fraction of sp³-hybridized carbons (Fsp3) is 0.429. The summed E-state index contributed by atoms with van der Waals surface area (Å²) in [6.07, 6.45) is 3.67. The van der Waals surface area contributed by atoms with Crippen LogP contribution in [0.2, 0.25) is 0 Å². The molecule has 2 rings (SSSR count). The van der Waals surface area contributed by atoms with Gasteiger partial charge < -0.3 is 4.52 Å². The van der Waals surface area contributed by atoms with E-state index in [1.54, 1.807) is 6.20 Å². The van der Waals surface area contributed by atoms with Gasteiger partial charge in [0.15, 0.2) is 0 Å². The molecule has 98 valence electrons. The zero-order valence-electron chi connectivity index (χ0n) is 11.1. The summed E-state index contributed by atoms with van der Waals surface area (Å²) in [6, 6.07) is 7.77. The Morgan fingerprint density at radius 2 is 2.26 bits per heavy atom. The minimum atomic E-state index is -0.122. The lowest BCUT2D eigenvalue weighted by molar-refractivity contribution is 0.266. The summed E-state index contributed by atoms with van der Waals surface area (Å²) < 4.78 is 5.25. The number of nitrogens with zero attached hydrogens (tertiary/aromatic N) is 4. The Kier molecular flexibility index (Phi) is 3.91. The first-order valence-electron chi connectivity index (χ1n) is 6.28. The highest BCUT2D eigenvalue weighted by molar-refractivity contribution is 5.47. The number of aromatic nitrogens is 3. The average molecular weight is 256 g/mol. The maximum Gasteiger partial charge on any atom is 0.227 e. The quantitative estimate of drug-likeness (QED) is 0.821. The first-order chi connectivity index (χ1) is 9.17. The van der Waals surface area contributed by atoms with Crippen molar-refractivity contribution in [2.24, 2.45) is 5.41 Å². The molecule has 1 atom stereocenters. The minimum absolute atomic E-state index is 0.122. The topological polar surface area (TPSA) is 75.6 Å². The molecule has 0 fully saturated rings. The van der Waals surface area contributed by atoms with Crippen LogP contribution in [-0.2, 0) is 6.42 Å². The summed E-state index contributed by atoms with van der Waals surface area (Å²) in [4.78, 5) is 8.52. The van der Waals surface area contributed by atoms with E-state index in [0.29, 0.717) is 30.3 Å². The van der Waals surface area contributed by atoms with E-state index >= 15 is 0 Å². The summed E-state index contributed by atoms with van der Waals surface area (Å²) in [5.74, 6) is 1.05. The predicted octanol–water partition coefficient (Wildman–Crippen LogP) is 3.00. The Bertz CT molecular complexity index is 573. The Morgan fingerprint density at radius 3 is 2.89 bits per heavy atom. The van der Waals surface area contributed by atoms with Gasteiger partial charge in [-0.3, -0.25) is 4.98 Å². The third-order valence-electron chi connectivity index (χ3n) is 3.30. The molecule has 0 N–H and O–H groups in total. The molecule has 2 aromatic heterocycles. The largest absolute Gasteiger partial charge is 0.339 e. The lowest BCUT2D eigenvalue weighted by Gasteiger charge is -2.22. The zero-order chi connectivity index (χ0) is 13.7. The van der Waals surface area contributed by atoms with Crippen LogP contribution in [0.15, 0.2) is 28.9 Å². The zero-order valence-corrected chi connectivity index (χ0v) is 11.1. The van der Waals surface area contributed by atoms with E-state index in [1.165, 1.54) is 0 Å². The molecular weight excluding hydrogens is 240 g/mol. The van der Waals surface area contributed by atoms with Gasteiger partial charge in [-0.2, -0.15) is 10.2 Å². The summed E-state index contributed by atoms with van der Waals surface area (Å²) in [5, 5.41) is 12.8. The van der Waals surface area contributed by atoms with Crippen molar-refractivity contribution in [3.63, 3.8) is 0 Å². The summed E-state index contributed by atoms with van der Waals surface area (Å²) >= 11 is 0. The van der Waals surface area contributed by atoms with E-state index in [2.05, 4.69) is 35.0 Å².